The van der Waals surface area contributed by atoms with Gasteiger partial charge in [0.25, 0.3) is 0 Å². The van der Waals surface area contributed by atoms with Crippen LogP contribution in [-0.2, 0) is 6.61 Å². The lowest BCUT2D eigenvalue weighted by molar-refractivity contribution is -0.384. The average molecular weight is 543 g/mol. The molecular formula is C22H18IN5O4. The van der Waals surface area contributed by atoms with Crippen molar-refractivity contribution < 1.29 is 14.4 Å². The van der Waals surface area contributed by atoms with E-state index in [0.717, 1.165) is 9.13 Å². The molecule has 0 aliphatic rings. The van der Waals surface area contributed by atoms with Crippen LogP contribution < -0.4 is 14.9 Å². The molecule has 0 saturated heterocycles. The van der Waals surface area contributed by atoms with Gasteiger partial charge in [-0.05, 0) is 59.3 Å². The van der Waals surface area contributed by atoms with Gasteiger partial charge >= 0.3 is 5.69 Å². The summed E-state index contributed by atoms with van der Waals surface area (Å²) in [6.07, 6.45) is 2.95. The molecule has 2 aromatic carbocycles. The highest BCUT2D eigenvalue weighted by atomic mass is 127. The lowest BCUT2D eigenvalue weighted by Crippen LogP contribution is -2.04. The van der Waals surface area contributed by atoms with Crippen LogP contribution in [0.4, 0.5) is 11.5 Å². The second-order valence-electron chi connectivity index (χ2n) is 6.32. The molecule has 10 heteroatoms. The molecule has 3 aromatic rings. The second kappa shape index (κ2) is 11.1. The Morgan fingerprint density at radius 1 is 1.28 bits per heavy atom. The van der Waals surface area contributed by atoms with Gasteiger partial charge in [-0.15, -0.1) is 0 Å². The van der Waals surface area contributed by atoms with E-state index in [0.29, 0.717) is 29.2 Å². The summed E-state index contributed by atoms with van der Waals surface area (Å²) in [6, 6.07) is 15.8. The molecule has 3 rings (SSSR count). The van der Waals surface area contributed by atoms with Crippen molar-refractivity contribution in [1.82, 2.24) is 4.98 Å². The smallest absolute Gasteiger partial charge is 0.313 e. The van der Waals surface area contributed by atoms with Crippen molar-refractivity contribution in [3.05, 3.63) is 85.1 Å². The van der Waals surface area contributed by atoms with Gasteiger partial charge in [0.15, 0.2) is 11.5 Å². The van der Waals surface area contributed by atoms with Crippen molar-refractivity contribution in [3.63, 3.8) is 0 Å². The fraction of sp³-hybridized carbons (Fsp3) is 0.136. The first kappa shape index (κ1) is 23.0. The lowest BCUT2D eigenvalue weighted by Gasteiger charge is -2.15. The minimum atomic E-state index is -0.530. The van der Waals surface area contributed by atoms with Crippen molar-refractivity contribution in [3.8, 4) is 17.6 Å². The first-order chi connectivity index (χ1) is 15.5. The Hall–Kier alpha value is -3.72. The SMILES string of the molecule is CCOc1cc(/C=N\Nc2ncccc2[N+](=O)[O-])cc(I)c1OCc1ccccc1C#N. The van der Waals surface area contributed by atoms with Crippen molar-refractivity contribution >= 4 is 40.3 Å². The Kier molecular flexibility index (Phi) is 7.93. The van der Waals surface area contributed by atoms with Gasteiger partial charge in [-0.25, -0.2) is 4.98 Å². The number of nitrogens with one attached hydrogen (secondary N) is 1. The Labute approximate surface area is 198 Å². The summed E-state index contributed by atoms with van der Waals surface area (Å²) in [7, 11) is 0. The molecule has 0 saturated carbocycles. The fourth-order valence-corrected chi connectivity index (χ4v) is 3.55. The Morgan fingerprint density at radius 3 is 2.84 bits per heavy atom. The second-order valence-corrected chi connectivity index (χ2v) is 7.48. The normalized spacial score (nSPS) is 10.5. The van der Waals surface area contributed by atoms with E-state index in [2.05, 4.69) is 44.2 Å². The molecule has 0 spiro atoms. The van der Waals surface area contributed by atoms with Crippen LogP contribution in [0.3, 0.4) is 0 Å². The zero-order valence-corrected chi connectivity index (χ0v) is 19.1. The molecule has 0 radical (unpaired) electrons. The quantitative estimate of drug-likeness (QED) is 0.177. The molecule has 9 nitrogen and oxygen atoms in total. The Morgan fingerprint density at radius 2 is 2.09 bits per heavy atom. The van der Waals surface area contributed by atoms with Crippen LogP contribution in [0.15, 0.2) is 59.8 Å². The lowest BCUT2D eigenvalue weighted by atomic mass is 10.1. The number of halogens is 1. The number of nitriles is 1. The first-order valence-electron chi connectivity index (χ1n) is 9.49. The number of hydrogen-bond acceptors (Lipinski definition) is 8. The fourth-order valence-electron chi connectivity index (χ4n) is 2.77. The summed E-state index contributed by atoms with van der Waals surface area (Å²) >= 11 is 2.14. The van der Waals surface area contributed by atoms with Gasteiger partial charge < -0.3 is 9.47 Å². The Balaban J connectivity index is 1.80. The Bertz CT molecular complexity index is 1190. The molecule has 1 aromatic heterocycles. The minimum Gasteiger partial charge on any atom is -0.490 e. The summed E-state index contributed by atoms with van der Waals surface area (Å²) < 4.78 is 12.5. The van der Waals surface area contributed by atoms with Crippen LogP contribution in [0, 0.1) is 25.0 Å². The zero-order valence-electron chi connectivity index (χ0n) is 17.0. The summed E-state index contributed by atoms with van der Waals surface area (Å²) in [5.74, 6) is 1.13. The van der Waals surface area contributed by atoms with Crippen molar-refractivity contribution in [2.24, 2.45) is 5.10 Å². The molecule has 1 heterocycles. The number of anilines is 1. The van der Waals surface area contributed by atoms with Gasteiger partial charge in [0.2, 0.25) is 5.82 Å². The van der Waals surface area contributed by atoms with Gasteiger partial charge in [-0.3, -0.25) is 15.5 Å². The number of hydrazone groups is 1. The molecule has 32 heavy (non-hydrogen) atoms. The molecule has 0 bridgehead atoms. The van der Waals surface area contributed by atoms with Crippen molar-refractivity contribution in [2.45, 2.75) is 13.5 Å². The highest BCUT2D eigenvalue weighted by Crippen LogP contribution is 2.34. The molecule has 0 aliphatic heterocycles. The van der Waals surface area contributed by atoms with E-state index >= 15 is 0 Å². The standard InChI is InChI=1S/C22H18IN5O4/c1-2-31-20-11-15(13-26-27-22-19(28(29)30)8-5-9-25-22)10-18(23)21(20)32-14-17-7-4-3-6-16(17)12-24/h3-11,13H,2,14H2,1H3,(H,25,27)/b26-13-. The van der Waals surface area contributed by atoms with Gasteiger partial charge in [0.1, 0.15) is 6.61 Å². The van der Waals surface area contributed by atoms with Crippen LogP contribution in [-0.4, -0.2) is 22.7 Å². The summed E-state index contributed by atoms with van der Waals surface area (Å²) in [6.45, 7) is 2.52. The number of nitro groups is 1. The van der Waals surface area contributed by atoms with E-state index in [9.17, 15) is 15.4 Å². The summed E-state index contributed by atoms with van der Waals surface area (Å²) in [4.78, 5) is 14.5. The summed E-state index contributed by atoms with van der Waals surface area (Å²) in [5, 5.41) is 24.4. The molecule has 0 fully saturated rings. The largest absolute Gasteiger partial charge is 0.490 e. The third-order valence-corrected chi connectivity index (χ3v) is 5.01. The predicted molar refractivity (Wildman–Crippen MR) is 128 cm³/mol. The number of pyridine rings is 1. The van der Waals surface area contributed by atoms with Gasteiger partial charge in [0, 0.05) is 17.8 Å². The molecule has 1 N–H and O–H groups in total. The molecule has 0 amide bonds. The zero-order chi connectivity index (χ0) is 22.9. The van der Waals surface area contributed by atoms with E-state index in [4.69, 9.17) is 9.47 Å². The highest BCUT2D eigenvalue weighted by Gasteiger charge is 2.14. The number of hydrogen-bond donors (Lipinski definition) is 1. The van der Waals surface area contributed by atoms with E-state index in [1.54, 1.807) is 18.2 Å². The number of aromatic nitrogens is 1. The topological polar surface area (TPSA) is 123 Å². The maximum atomic E-state index is 11.1. The number of rotatable bonds is 9. The van der Waals surface area contributed by atoms with Crippen LogP contribution in [0.2, 0.25) is 0 Å². The molecule has 162 valence electrons. The monoisotopic (exact) mass is 543 g/mol. The highest BCUT2D eigenvalue weighted by molar-refractivity contribution is 14.1. The van der Waals surface area contributed by atoms with Crippen LogP contribution in [0.5, 0.6) is 11.5 Å². The van der Waals surface area contributed by atoms with E-state index in [-0.39, 0.29) is 18.1 Å². The van der Waals surface area contributed by atoms with Gasteiger partial charge in [0.05, 0.1) is 32.9 Å². The molecule has 0 aliphatic carbocycles. The predicted octanol–water partition coefficient (Wildman–Crippen LogP) is 4.89. The van der Waals surface area contributed by atoms with E-state index in [1.807, 2.05) is 25.1 Å². The number of nitrogens with zero attached hydrogens (tertiary/aromatic N) is 4. The maximum Gasteiger partial charge on any atom is 0.313 e. The van der Waals surface area contributed by atoms with Crippen molar-refractivity contribution in [2.75, 3.05) is 12.0 Å². The first-order valence-corrected chi connectivity index (χ1v) is 10.6. The van der Waals surface area contributed by atoms with Crippen molar-refractivity contribution in [1.29, 1.82) is 5.26 Å². The maximum absolute atomic E-state index is 11.1. The minimum absolute atomic E-state index is 0.0459. The molecular weight excluding hydrogens is 525 g/mol. The van der Waals surface area contributed by atoms with Gasteiger partial charge in [-0.1, -0.05) is 18.2 Å². The average Bonchev–Trinajstić information content (AvgIpc) is 2.79. The third kappa shape index (κ3) is 5.70. The van der Waals surface area contributed by atoms with E-state index in [1.165, 1.54) is 24.5 Å². The third-order valence-electron chi connectivity index (χ3n) is 4.21. The van der Waals surface area contributed by atoms with Gasteiger partial charge in [-0.2, -0.15) is 10.4 Å². The molecule has 0 unspecified atom stereocenters. The van der Waals surface area contributed by atoms with E-state index < -0.39 is 4.92 Å². The number of benzene rings is 2. The summed E-state index contributed by atoms with van der Waals surface area (Å²) in [5.41, 5.74) is 4.46. The number of ether oxygens (including phenoxy) is 2. The van der Waals surface area contributed by atoms with Crippen LogP contribution in [0.25, 0.3) is 0 Å². The van der Waals surface area contributed by atoms with Crippen LogP contribution in [0.1, 0.15) is 23.6 Å². The van der Waals surface area contributed by atoms with Crippen LogP contribution >= 0.6 is 22.6 Å². The molecule has 0 atom stereocenters.